The second-order valence-electron chi connectivity index (χ2n) is 12.3. The molecule has 0 radical (unpaired) electrons. The lowest BCUT2D eigenvalue weighted by Crippen LogP contribution is -2.27. The van der Waals surface area contributed by atoms with E-state index in [2.05, 4.69) is 50.2 Å². The second-order valence-corrected chi connectivity index (χ2v) is 12.3. The van der Waals surface area contributed by atoms with Gasteiger partial charge in [0.15, 0.2) is 12.0 Å². The average Bonchev–Trinajstić information content (AvgIpc) is 3.66. The van der Waals surface area contributed by atoms with Crippen LogP contribution in [0.15, 0.2) is 22.9 Å². The molecule has 3 atom stereocenters. The molecule has 1 N–H and O–H groups in total. The molecule has 0 aromatic carbocycles. The fourth-order valence-corrected chi connectivity index (χ4v) is 5.68. The van der Waals surface area contributed by atoms with Crippen LogP contribution in [0, 0.1) is 6.92 Å². The van der Waals surface area contributed by atoms with E-state index in [1.54, 1.807) is 6.07 Å². The zero-order valence-electron chi connectivity index (χ0n) is 24.1. The van der Waals surface area contributed by atoms with Gasteiger partial charge in [-0.25, -0.2) is 9.36 Å². The molecule has 3 aromatic rings. The summed E-state index contributed by atoms with van der Waals surface area (Å²) in [6.07, 6.45) is 8.12. The Kier molecular flexibility index (Phi) is 7.84. The van der Waals surface area contributed by atoms with Crippen molar-refractivity contribution in [3.05, 3.63) is 41.2 Å². The predicted octanol–water partition coefficient (Wildman–Crippen LogP) is 5.85. The van der Waals surface area contributed by atoms with Crippen LogP contribution in [0.25, 0.3) is 0 Å². The number of nitrogens with one attached hydrogen (secondary N) is 1. The summed E-state index contributed by atoms with van der Waals surface area (Å²) in [7, 11) is 0. The van der Waals surface area contributed by atoms with Gasteiger partial charge in [-0.2, -0.15) is 10.2 Å². The predicted molar refractivity (Wildman–Crippen MR) is 147 cm³/mol. The first-order valence-electron chi connectivity index (χ1n) is 14.3. The zero-order chi connectivity index (χ0) is 27.7. The monoisotopic (exact) mass is 538 g/mol. The largest absolute Gasteiger partial charge is 0.487 e. The van der Waals surface area contributed by atoms with Gasteiger partial charge in [0.1, 0.15) is 11.6 Å². The van der Waals surface area contributed by atoms with Crippen molar-refractivity contribution in [1.29, 1.82) is 0 Å². The first-order chi connectivity index (χ1) is 18.6. The molecule has 3 aromatic heterocycles. The van der Waals surface area contributed by atoms with Gasteiger partial charge < -0.3 is 19.3 Å². The minimum absolute atomic E-state index is 0.00658. The number of aromatic nitrogens is 5. The summed E-state index contributed by atoms with van der Waals surface area (Å²) in [4.78, 5) is 12.8. The molecule has 2 fully saturated rings. The minimum Gasteiger partial charge on any atom is -0.487 e. The summed E-state index contributed by atoms with van der Waals surface area (Å²) < 4.78 is 21.7. The Bertz CT molecular complexity index is 1280. The van der Waals surface area contributed by atoms with Gasteiger partial charge in [0.2, 0.25) is 5.91 Å². The number of rotatable bonds is 8. The van der Waals surface area contributed by atoms with Crippen molar-refractivity contribution in [3.8, 4) is 5.75 Å². The Morgan fingerprint density at radius 1 is 1.21 bits per heavy atom. The standard InChI is InChI=1S/C29H42N6O4/c1-18(2)28-24(17-30-34(28)27-9-7-8-12-37-27)38-21-11-10-20(14-21)23-16-25(35(32-23)29(4,5)6)31-26(36)15-22-13-19(3)33-39-22/h13,16-18,20-21,27H,7-12,14-15H2,1-6H3,(H,31,36)/t20-,21+,27?/m0/s1. The average molecular weight is 539 g/mol. The second kappa shape index (κ2) is 11.2. The summed E-state index contributed by atoms with van der Waals surface area (Å²) in [6.45, 7) is 13.2. The molecule has 1 saturated carbocycles. The molecule has 1 aliphatic heterocycles. The number of amides is 1. The molecular weight excluding hydrogens is 496 g/mol. The zero-order valence-corrected chi connectivity index (χ0v) is 24.1. The summed E-state index contributed by atoms with van der Waals surface area (Å²) in [6, 6.07) is 3.79. The number of hydrogen-bond donors (Lipinski definition) is 1. The fourth-order valence-electron chi connectivity index (χ4n) is 5.68. The molecule has 1 amide bonds. The molecule has 10 heteroatoms. The van der Waals surface area contributed by atoms with E-state index in [-0.39, 0.29) is 42.0 Å². The van der Waals surface area contributed by atoms with Gasteiger partial charge in [0.25, 0.3) is 0 Å². The minimum atomic E-state index is -0.292. The van der Waals surface area contributed by atoms with Crippen LogP contribution in [-0.4, -0.2) is 43.3 Å². The smallest absolute Gasteiger partial charge is 0.233 e. The van der Waals surface area contributed by atoms with Gasteiger partial charge in [-0.3, -0.25) is 4.79 Å². The van der Waals surface area contributed by atoms with Crippen molar-refractivity contribution in [2.24, 2.45) is 0 Å². The third kappa shape index (κ3) is 6.21. The van der Waals surface area contributed by atoms with Crippen molar-refractivity contribution in [2.75, 3.05) is 11.9 Å². The Morgan fingerprint density at radius 3 is 2.69 bits per heavy atom. The number of nitrogens with zero attached hydrogens (tertiary/aromatic N) is 5. The number of carbonyl (C=O) groups excluding carboxylic acids is 1. The van der Waals surface area contributed by atoms with E-state index in [9.17, 15) is 4.79 Å². The van der Waals surface area contributed by atoms with Crippen molar-refractivity contribution in [1.82, 2.24) is 24.7 Å². The number of hydrogen-bond acceptors (Lipinski definition) is 7. The van der Waals surface area contributed by atoms with Crippen LogP contribution < -0.4 is 10.1 Å². The summed E-state index contributed by atoms with van der Waals surface area (Å²) in [5, 5.41) is 16.6. The Labute approximate surface area is 230 Å². The molecule has 0 bridgehead atoms. The van der Waals surface area contributed by atoms with Crippen LogP contribution in [0.3, 0.4) is 0 Å². The Hall–Kier alpha value is -3.14. The molecule has 1 saturated heterocycles. The first-order valence-corrected chi connectivity index (χ1v) is 14.3. The molecule has 2 aliphatic rings. The van der Waals surface area contributed by atoms with Crippen LogP contribution in [0.2, 0.25) is 0 Å². The lowest BCUT2D eigenvalue weighted by Gasteiger charge is -2.26. The maximum Gasteiger partial charge on any atom is 0.233 e. The lowest BCUT2D eigenvalue weighted by atomic mass is 10.0. The summed E-state index contributed by atoms with van der Waals surface area (Å²) in [5.41, 5.74) is 2.56. The third-order valence-corrected chi connectivity index (χ3v) is 7.51. The van der Waals surface area contributed by atoms with Crippen molar-refractivity contribution < 1.29 is 18.8 Å². The molecule has 4 heterocycles. The quantitative estimate of drug-likeness (QED) is 0.383. The molecule has 212 valence electrons. The Morgan fingerprint density at radius 2 is 2.03 bits per heavy atom. The molecule has 1 unspecified atom stereocenters. The molecule has 1 aliphatic carbocycles. The van der Waals surface area contributed by atoms with E-state index in [1.807, 2.05) is 28.6 Å². The van der Waals surface area contributed by atoms with E-state index in [1.165, 1.54) is 0 Å². The fraction of sp³-hybridized carbons (Fsp3) is 0.655. The first kappa shape index (κ1) is 27.4. The van der Waals surface area contributed by atoms with Gasteiger partial charge in [-0.1, -0.05) is 19.0 Å². The number of anilines is 1. The maximum atomic E-state index is 12.8. The molecular formula is C29H42N6O4. The normalized spacial score (nSPS) is 22.0. The highest BCUT2D eigenvalue weighted by Gasteiger charge is 2.33. The Balaban J connectivity index is 1.28. The van der Waals surface area contributed by atoms with Crippen LogP contribution >= 0.6 is 0 Å². The van der Waals surface area contributed by atoms with Crippen LogP contribution in [-0.2, 0) is 21.5 Å². The van der Waals surface area contributed by atoms with Crippen LogP contribution in [0.1, 0.15) is 114 Å². The van der Waals surface area contributed by atoms with Gasteiger partial charge in [0.05, 0.1) is 41.3 Å². The van der Waals surface area contributed by atoms with Gasteiger partial charge in [0, 0.05) is 24.7 Å². The van der Waals surface area contributed by atoms with Crippen molar-refractivity contribution >= 4 is 11.7 Å². The van der Waals surface area contributed by atoms with Gasteiger partial charge in [-0.15, -0.1) is 0 Å². The molecule has 39 heavy (non-hydrogen) atoms. The SMILES string of the molecule is Cc1cc(CC(=O)Nc2cc([C@H]3CC[C@@H](Oc4cnn(C5CCCCO5)c4C(C)C)C3)nn2C(C)(C)C)on1. The highest BCUT2D eigenvalue weighted by molar-refractivity contribution is 5.91. The lowest BCUT2D eigenvalue weighted by molar-refractivity contribution is -0.115. The number of carbonyl (C=O) groups is 1. The number of aryl methyl sites for hydroxylation is 1. The van der Waals surface area contributed by atoms with Crippen molar-refractivity contribution in [2.45, 2.75) is 116 Å². The maximum absolute atomic E-state index is 12.8. The van der Waals surface area contributed by atoms with E-state index in [0.29, 0.717) is 11.6 Å². The summed E-state index contributed by atoms with van der Waals surface area (Å²) in [5.74, 6) is 2.47. The highest BCUT2D eigenvalue weighted by Crippen LogP contribution is 2.40. The molecule has 0 spiro atoms. The van der Waals surface area contributed by atoms with E-state index in [0.717, 1.165) is 68.0 Å². The van der Waals surface area contributed by atoms with Gasteiger partial charge in [-0.05, 0) is 72.1 Å². The van der Waals surface area contributed by atoms with E-state index in [4.69, 9.17) is 19.1 Å². The topological polar surface area (TPSA) is 109 Å². The molecule has 5 rings (SSSR count). The van der Waals surface area contributed by atoms with Crippen LogP contribution in [0.4, 0.5) is 5.82 Å². The van der Waals surface area contributed by atoms with Gasteiger partial charge >= 0.3 is 0 Å². The third-order valence-electron chi connectivity index (χ3n) is 7.51. The van der Waals surface area contributed by atoms with E-state index < -0.39 is 0 Å². The highest BCUT2D eigenvalue weighted by atomic mass is 16.5. The van der Waals surface area contributed by atoms with E-state index >= 15 is 0 Å². The number of ether oxygens (including phenoxy) is 2. The summed E-state index contributed by atoms with van der Waals surface area (Å²) >= 11 is 0. The van der Waals surface area contributed by atoms with Crippen LogP contribution in [0.5, 0.6) is 5.75 Å². The van der Waals surface area contributed by atoms with Crippen molar-refractivity contribution in [3.63, 3.8) is 0 Å². The molecule has 10 nitrogen and oxygen atoms in total.